The van der Waals surface area contributed by atoms with E-state index in [2.05, 4.69) is 54.0 Å². The second-order valence-corrected chi connectivity index (χ2v) is 6.15. The smallest absolute Gasteiger partial charge is 0.0705 e. The highest BCUT2D eigenvalue weighted by atomic mass is 32.1. The first kappa shape index (κ1) is 14.2. The van der Waals surface area contributed by atoms with Crippen LogP contribution in [-0.4, -0.2) is 12.0 Å². The lowest BCUT2D eigenvalue weighted by molar-refractivity contribution is 0.591. The molecule has 1 aromatic carbocycles. The Balaban J connectivity index is 1.88. The second kappa shape index (κ2) is 6.37. The zero-order valence-electron chi connectivity index (χ0n) is 12.5. The van der Waals surface area contributed by atoms with Gasteiger partial charge in [-0.1, -0.05) is 31.2 Å². The highest BCUT2D eigenvalue weighted by Gasteiger charge is 2.15. The van der Waals surface area contributed by atoms with Crippen molar-refractivity contribution >= 4 is 22.2 Å². The van der Waals surface area contributed by atoms with E-state index in [9.17, 15) is 0 Å². The lowest BCUT2D eigenvalue weighted by Gasteiger charge is -2.16. The molecule has 0 saturated carbocycles. The number of aromatic nitrogens is 1. The van der Waals surface area contributed by atoms with E-state index in [1.165, 1.54) is 15.8 Å². The van der Waals surface area contributed by atoms with Crippen molar-refractivity contribution in [2.75, 3.05) is 7.05 Å². The average molecular weight is 296 g/mol. The van der Waals surface area contributed by atoms with Crippen molar-refractivity contribution in [1.29, 1.82) is 0 Å². The van der Waals surface area contributed by atoms with E-state index >= 15 is 0 Å². The first-order chi connectivity index (χ1) is 10.3. The summed E-state index contributed by atoms with van der Waals surface area (Å²) in [5.41, 5.74) is 3.66. The molecular formula is C18H20N2S. The van der Waals surface area contributed by atoms with E-state index in [4.69, 9.17) is 4.98 Å². The Labute approximate surface area is 129 Å². The molecule has 2 nitrogen and oxygen atoms in total. The molecule has 0 radical (unpaired) electrons. The summed E-state index contributed by atoms with van der Waals surface area (Å²) in [4.78, 5) is 6.23. The summed E-state index contributed by atoms with van der Waals surface area (Å²) in [6.45, 7) is 2.21. The van der Waals surface area contributed by atoms with Crippen LogP contribution in [0.1, 0.15) is 29.1 Å². The number of likely N-dealkylation sites (N-methyl/N-ethyl adjacent to an activating group) is 1. The van der Waals surface area contributed by atoms with Crippen LogP contribution >= 0.6 is 11.3 Å². The average Bonchev–Trinajstić information content (AvgIpc) is 3.01. The molecule has 0 spiro atoms. The predicted molar refractivity (Wildman–Crippen MR) is 90.9 cm³/mol. The van der Waals surface area contributed by atoms with Gasteiger partial charge in [0.15, 0.2) is 0 Å². The maximum atomic E-state index is 4.79. The summed E-state index contributed by atoms with van der Waals surface area (Å²) in [5, 5.41) is 6.83. The normalized spacial score (nSPS) is 12.7. The van der Waals surface area contributed by atoms with Crippen LogP contribution < -0.4 is 5.32 Å². The number of thiophene rings is 1. The van der Waals surface area contributed by atoms with Gasteiger partial charge in [0.1, 0.15) is 0 Å². The summed E-state index contributed by atoms with van der Waals surface area (Å²) in [6, 6.07) is 15.2. The number of nitrogens with zero attached hydrogens (tertiary/aromatic N) is 1. The summed E-state index contributed by atoms with van der Waals surface area (Å²) in [7, 11) is 2.03. The second-order valence-electron chi connectivity index (χ2n) is 5.20. The summed E-state index contributed by atoms with van der Waals surface area (Å²) < 4.78 is 0. The van der Waals surface area contributed by atoms with Gasteiger partial charge in [0.2, 0.25) is 0 Å². The van der Waals surface area contributed by atoms with Crippen molar-refractivity contribution in [2.45, 2.75) is 25.8 Å². The Hall–Kier alpha value is -1.71. The fourth-order valence-electron chi connectivity index (χ4n) is 2.70. The maximum Gasteiger partial charge on any atom is 0.0705 e. The predicted octanol–water partition coefficient (Wildman–Crippen LogP) is 4.36. The van der Waals surface area contributed by atoms with Crippen molar-refractivity contribution in [3.63, 3.8) is 0 Å². The Morgan fingerprint density at radius 1 is 1.14 bits per heavy atom. The fourth-order valence-corrected chi connectivity index (χ4v) is 3.81. The topological polar surface area (TPSA) is 24.9 Å². The molecule has 2 heterocycles. The third-order valence-electron chi connectivity index (χ3n) is 3.90. The minimum atomic E-state index is 0.341. The van der Waals surface area contributed by atoms with E-state index in [-0.39, 0.29) is 0 Å². The van der Waals surface area contributed by atoms with Crippen LogP contribution in [0.15, 0.2) is 47.8 Å². The van der Waals surface area contributed by atoms with Gasteiger partial charge in [0.25, 0.3) is 0 Å². The van der Waals surface area contributed by atoms with Gasteiger partial charge < -0.3 is 5.32 Å². The number of pyridine rings is 1. The molecule has 1 unspecified atom stereocenters. The molecule has 108 valence electrons. The lowest BCUT2D eigenvalue weighted by Crippen LogP contribution is -2.19. The van der Waals surface area contributed by atoms with Gasteiger partial charge in [-0.15, -0.1) is 11.3 Å². The molecule has 3 rings (SSSR count). The molecule has 3 heteroatoms. The minimum absolute atomic E-state index is 0.341. The Morgan fingerprint density at radius 2 is 2.00 bits per heavy atom. The van der Waals surface area contributed by atoms with Crippen LogP contribution in [0, 0.1) is 0 Å². The zero-order chi connectivity index (χ0) is 14.7. The van der Waals surface area contributed by atoms with Crippen molar-refractivity contribution in [1.82, 2.24) is 10.3 Å². The van der Waals surface area contributed by atoms with Crippen molar-refractivity contribution in [3.05, 3.63) is 64.0 Å². The molecule has 0 amide bonds. The molecule has 0 aliphatic heterocycles. The highest BCUT2D eigenvalue weighted by Crippen LogP contribution is 2.27. The number of rotatable bonds is 5. The first-order valence-corrected chi connectivity index (χ1v) is 8.28. The quantitative estimate of drug-likeness (QED) is 0.756. The van der Waals surface area contributed by atoms with Gasteiger partial charge in [-0.2, -0.15) is 0 Å². The number of hydrogen-bond acceptors (Lipinski definition) is 3. The number of fused-ring (bicyclic) bond motifs is 1. The van der Waals surface area contributed by atoms with E-state index in [0.29, 0.717) is 6.04 Å². The van der Waals surface area contributed by atoms with Gasteiger partial charge in [0.05, 0.1) is 5.52 Å². The SMILES string of the molecule is CCc1ccsc1C(Cc1ccc2ccccc2n1)NC. The van der Waals surface area contributed by atoms with Crippen LogP contribution in [0.2, 0.25) is 0 Å². The molecule has 0 fully saturated rings. The van der Waals surface area contributed by atoms with Crippen molar-refractivity contribution in [2.24, 2.45) is 0 Å². The van der Waals surface area contributed by atoms with Crippen molar-refractivity contribution in [3.8, 4) is 0 Å². The molecule has 21 heavy (non-hydrogen) atoms. The van der Waals surface area contributed by atoms with Gasteiger partial charge in [-0.05, 0) is 42.6 Å². The van der Waals surface area contributed by atoms with E-state index in [0.717, 1.165) is 24.1 Å². The minimum Gasteiger partial charge on any atom is -0.312 e. The standard InChI is InChI=1S/C18H20N2S/c1-3-13-10-11-21-18(13)17(19-2)12-15-9-8-14-6-4-5-7-16(14)20-15/h4-11,17,19H,3,12H2,1-2H3. The van der Waals surface area contributed by atoms with Crippen LogP contribution in [0.5, 0.6) is 0 Å². The number of aryl methyl sites for hydroxylation is 1. The number of para-hydroxylation sites is 1. The molecule has 1 N–H and O–H groups in total. The van der Waals surface area contributed by atoms with Crippen LogP contribution in [0.4, 0.5) is 0 Å². The molecule has 2 aromatic heterocycles. The highest BCUT2D eigenvalue weighted by molar-refractivity contribution is 7.10. The number of nitrogens with one attached hydrogen (secondary N) is 1. The molecule has 0 bridgehead atoms. The number of hydrogen-bond donors (Lipinski definition) is 1. The third-order valence-corrected chi connectivity index (χ3v) is 4.97. The van der Waals surface area contributed by atoms with Crippen molar-refractivity contribution < 1.29 is 0 Å². The third kappa shape index (κ3) is 2.99. The van der Waals surface area contributed by atoms with E-state index < -0.39 is 0 Å². The number of benzene rings is 1. The zero-order valence-corrected chi connectivity index (χ0v) is 13.3. The molecule has 0 aliphatic carbocycles. The van der Waals surface area contributed by atoms with Crippen LogP contribution in [-0.2, 0) is 12.8 Å². The molecular weight excluding hydrogens is 276 g/mol. The monoisotopic (exact) mass is 296 g/mol. The molecule has 1 atom stereocenters. The van der Waals surface area contributed by atoms with Gasteiger partial charge in [-0.25, -0.2) is 0 Å². The van der Waals surface area contributed by atoms with Gasteiger partial charge >= 0.3 is 0 Å². The summed E-state index contributed by atoms with van der Waals surface area (Å²) >= 11 is 1.84. The van der Waals surface area contributed by atoms with Crippen LogP contribution in [0.3, 0.4) is 0 Å². The Kier molecular flexibility index (Phi) is 4.32. The summed E-state index contributed by atoms with van der Waals surface area (Å²) in [6.07, 6.45) is 2.01. The van der Waals surface area contributed by atoms with E-state index in [1.54, 1.807) is 0 Å². The van der Waals surface area contributed by atoms with E-state index in [1.807, 2.05) is 24.5 Å². The lowest BCUT2D eigenvalue weighted by atomic mass is 10.0. The van der Waals surface area contributed by atoms with Gasteiger partial charge in [-0.3, -0.25) is 4.98 Å². The maximum absolute atomic E-state index is 4.79. The molecule has 0 aliphatic rings. The van der Waals surface area contributed by atoms with Crippen LogP contribution in [0.25, 0.3) is 10.9 Å². The molecule has 3 aromatic rings. The Morgan fingerprint density at radius 3 is 2.81 bits per heavy atom. The van der Waals surface area contributed by atoms with Gasteiger partial charge in [0, 0.05) is 28.4 Å². The Bertz CT molecular complexity index is 733. The summed E-state index contributed by atoms with van der Waals surface area (Å²) in [5.74, 6) is 0. The largest absolute Gasteiger partial charge is 0.312 e. The first-order valence-electron chi connectivity index (χ1n) is 7.40. The molecule has 0 saturated heterocycles. The fraction of sp³-hybridized carbons (Fsp3) is 0.278.